The van der Waals surface area contributed by atoms with E-state index in [9.17, 15) is 0 Å². The number of anilines is 1. The Labute approximate surface area is 121 Å². The number of methoxy groups -OCH3 is 1. The van der Waals surface area contributed by atoms with Crippen molar-refractivity contribution in [3.05, 3.63) is 41.2 Å². The molecule has 0 aliphatic carbocycles. The standard InChI is InChI=1S/C14H13ClN2O3/c1-18-12-4-9(5-13-14(12)20-8-19-13)6-17-11-7-16-3-2-10(11)15/h2-5,7,17H,6,8H2,1H3. The molecule has 0 radical (unpaired) electrons. The molecule has 0 saturated carbocycles. The zero-order valence-corrected chi connectivity index (χ0v) is 11.6. The fourth-order valence-corrected chi connectivity index (χ4v) is 2.16. The van der Waals surface area contributed by atoms with Crippen LogP contribution in [-0.2, 0) is 6.54 Å². The Morgan fingerprint density at radius 1 is 1.40 bits per heavy atom. The first-order valence-electron chi connectivity index (χ1n) is 6.08. The van der Waals surface area contributed by atoms with Gasteiger partial charge in [-0.1, -0.05) is 11.6 Å². The molecule has 0 fully saturated rings. The van der Waals surface area contributed by atoms with Gasteiger partial charge < -0.3 is 19.5 Å². The highest BCUT2D eigenvalue weighted by Gasteiger charge is 2.19. The van der Waals surface area contributed by atoms with Gasteiger partial charge in [0, 0.05) is 12.7 Å². The van der Waals surface area contributed by atoms with Crippen LogP contribution in [0.2, 0.25) is 5.02 Å². The normalized spacial score (nSPS) is 12.3. The Morgan fingerprint density at radius 3 is 3.10 bits per heavy atom. The van der Waals surface area contributed by atoms with Gasteiger partial charge in [-0.05, 0) is 23.8 Å². The first-order valence-corrected chi connectivity index (χ1v) is 6.45. The number of pyridine rings is 1. The van der Waals surface area contributed by atoms with Gasteiger partial charge in [-0.3, -0.25) is 4.98 Å². The minimum absolute atomic E-state index is 0.219. The van der Waals surface area contributed by atoms with E-state index in [1.165, 1.54) is 0 Å². The Bertz CT molecular complexity index is 634. The van der Waals surface area contributed by atoms with Gasteiger partial charge in [0.05, 0.1) is 24.0 Å². The lowest BCUT2D eigenvalue weighted by Crippen LogP contribution is -2.01. The van der Waals surface area contributed by atoms with Crippen LogP contribution in [0.15, 0.2) is 30.6 Å². The van der Waals surface area contributed by atoms with Gasteiger partial charge in [0.1, 0.15) is 0 Å². The predicted molar refractivity (Wildman–Crippen MR) is 75.7 cm³/mol. The third-order valence-corrected chi connectivity index (χ3v) is 3.30. The van der Waals surface area contributed by atoms with Gasteiger partial charge in [-0.25, -0.2) is 0 Å². The van der Waals surface area contributed by atoms with E-state index >= 15 is 0 Å². The number of fused-ring (bicyclic) bond motifs is 1. The summed E-state index contributed by atoms with van der Waals surface area (Å²) < 4.78 is 16.0. The summed E-state index contributed by atoms with van der Waals surface area (Å²) in [7, 11) is 1.60. The quantitative estimate of drug-likeness (QED) is 0.938. The molecule has 104 valence electrons. The lowest BCUT2D eigenvalue weighted by atomic mass is 10.2. The molecule has 3 rings (SSSR count). The van der Waals surface area contributed by atoms with Crippen LogP contribution >= 0.6 is 11.6 Å². The van der Waals surface area contributed by atoms with Gasteiger partial charge >= 0.3 is 0 Å². The van der Waals surface area contributed by atoms with E-state index in [1.807, 2.05) is 12.1 Å². The van der Waals surface area contributed by atoms with Gasteiger partial charge in [-0.15, -0.1) is 0 Å². The molecule has 0 amide bonds. The highest BCUT2D eigenvalue weighted by atomic mass is 35.5. The highest BCUT2D eigenvalue weighted by Crippen LogP contribution is 2.41. The lowest BCUT2D eigenvalue weighted by Gasteiger charge is -2.10. The second-order valence-electron chi connectivity index (χ2n) is 4.24. The van der Waals surface area contributed by atoms with E-state index in [2.05, 4.69) is 10.3 Å². The molecule has 2 aromatic rings. The fourth-order valence-electron chi connectivity index (χ4n) is 1.99. The molecule has 20 heavy (non-hydrogen) atoms. The molecule has 0 saturated heterocycles. The largest absolute Gasteiger partial charge is 0.493 e. The minimum atomic E-state index is 0.219. The van der Waals surface area contributed by atoms with Crippen molar-refractivity contribution in [2.24, 2.45) is 0 Å². The van der Waals surface area contributed by atoms with Crippen molar-refractivity contribution in [2.75, 3.05) is 19.2 Å². The molecule has 6 heteroatoms. The molecule has 1 aliphatic heterocycles. The average molecular weight is 293 g/mol. The van der Waals surface area contributed by atoms with Gasteiger partial charge in [0.2, 0.25) is 12.5 Å². The van der Waals surface area contributed by atoms with E-state index in [4.69, 9.17) is 25.8 Å². The van der Waals surface area contributed by atoms with Crippen molar-refractivity contribution in [3.63, 3.8) is 0 Å². The third kappa shape index (κ3) is 2.44. The van der Waals surface area contributed by atoms with E-state index < -0.39 is 0 Å². The topological polar surface area (TPSA) is 52.6 Å². The molecule has 0 spiro atoms. The molecule has 0 atom stereocenters. The summed E-state index contributed by atoms with van der Waals surface area (Å²) in [4.78, 5) is 4.03. The molecule has 2 heterocycles. The second-order valence-corrected chi connectivity index (χ2v) is 4.65. The molecule has 1 aromatic heterocycles. The number of benzene rings is 1. The third-order valence-electron chi connectivity index (χ3n) is 2.97. The number of ether oxygens (including phenoxy) is 3. The summed E-state index contributed by atoms with van der Waals surface area (Å²) >= 11 is 6.07. The Hall–Kier alpha value is -2.14. The van der Waals surface area contributed by atoms with Crippen molar-refractivity contribution < 1.29 is 14.2 Å². The predicted octanol–water partition coefficient (Wildman–Crippen LogP) is 3.08. The summed E-state index contributed by atoms with van der Waals surface area (Å²) in [6, 6.07) is 5.57. The van der Waals surface area contributed by atoms with Crippen molar-refractivity contribution in [3.8, 4) is 17.2 Å². The Kier molecular flexibility index (Phi) is 3.52. The van der Waals surface area contributed by atoms with E-state index in [0.717, 1.165) is 11.3 Å². The van der Waals surface area contributed by atoms with Crippen LogP contribution in [-0.4, -0.2) is 18.9 Å². The highest BCUT2D eigenvalue weighted by molar-refractivity contribution is 6.33. The van der Waals surface area contributed by atoms with E-state index in [0.29, 0.717) is 28.8 Å². The van der Waals surface area contributed by atoms with Crippen molar-refractivity contribution in [1.29, 1.82) is 0 Å². The molecule has 0 unspecified atom stereocenters. The molecule has 1 aromatic carbocycles. The first kappa shape index (κ1) is 12.9. The monoisotopic (exact) mass is 292 g/mol. The number of nitrogens with one attached hydrogen (secondary N) is 1. The average Bonchev–Trinajstić information content (AvgIpc) is 2.94. The summed E-state index contributed by atoms with van der Waals surface area (Å²) in [5.74, 6) is 2.00. The number of halogens is 1. The Morgan fingerprint density at radius 2 is 2.30 bits per heavy atom. The fraction of sp³-hybridized carbons (Fsp3) is 0.214. The molecule has 5 nitrogen and oxygen atoms in total. The number of nitrogens with zero attached hydrogens (tertiary/aromatic N) is 1. The summed E-state index contributed by atoms with van der Waals surface area (Å²) in [5.41, 5.74) is 1.79. The van der Waals surface area contributed by atoms with Crippen LogP contribution in [0.5, 0.6) is 17.2 Å². The van der Waals surface area contributed by atoms with Gasteiger partial charge in [-0.2, -0.15) is 0 Å². The summed E-state index contributed by atoms with van der Waals surface area (Å²) in [5, 5.41) is 3.86. The zero-order valence-electron chi connectivity index (χ0n) is 10.9. The number of aromatic nitrogens is 1. The summed E-state index contributed by atoms with van der Waals surface area (Å²) in [6.07, 6.45) is 3.34. The van der Waals surface area contributed by atoms with E-state index in [-0.39, 0.29) is 6.79 Å². The number of hydrogen-bond donors (Lipinski definition) is 1. The van der Waals surface area contributed by atoms with Crippen LogP contribution in [0.1, 0.15) is 5.56 Å². The van der Waals surface area contributed by atoms with Crippen molar-refractivity contribution >= 4 is 17.3 Å². The van der Waals surface area contributed by atoms with Crippen LogP contribution < -0.4 is 19.5 Å². The maximum atomic E-state index is 6.07. The van der Waals surface area contributed by atoms with Crippen LogP contribution in [0.3, 0.4) is 0 Å². The smallest absolute Gasteiger partial charge is 0.231 e. The molecular weight excluding hydrogens is 280 g/mol. The second kappa shape index (κ2) is 5.46. The Balaban J connectivity index is 1.80. The van der Waals surface area contributed by atoms with Crippen LogP contribution in [0, 0.1) is 0 Å². The molecule has 1 aliphatic rings. The van der Waals surface area contributed by atoms with Crippen molar-refractivity contribution in [1.82, 2.24) is 4.98 Å². The maximum absolute atomic E-state index is 6.07. The molecular formula is C14H13ClN2O3. The van der Waals surface area contributed by atoms with Gasteiger partial charge in [0.25, 0.3) is 0 Å². The maximum Gasteiger partial charge on any atom is 0.231 e. The zero-order chi connectivity index (χ0) is 13.9. The number of rotatable bonds is 4. The lowest BCUT2D eigenvalue weighted by molar-refractivity contribution is 0.171. The van der Waals surface area contributed by atoms with E-state index in [1.54, 1.807) is 25.6 Å². The van der Waals surface area contributed by atoms with Crippen LogP contribution in [0.4, 0.5) is 5.69 Å². The minimum Gasteiger partial charge on any atom is -0.493 e. The SMILES string of the molecule is COc1cc(CNc2cnccc2Cl)cc2c1OCO2. The van der Waals surface area contributed by atoms with Gasteiger partial charge in [0.15, 0.2) is 11.5 Å². The number of hydrogen-bond acceptors (Lipinski definition) is 5. The van der Waals surface area contributed by atoms with Crippen molar-refractivity contribution in [2.45, 2.75) is 6.54 Å². The summed E-state index contributed by atoms with van der Waals surface area (Å²) in [6.45, 7) is 0.801. The first-order chi connectivity index (χ1) is 9.78. The molecule has 0 bridgehead atoms. The van der Waals surface area contributed by atoms with Crippen LogP contribution in [0.25, 0.3) is 0 Å². The molecule has 1 N–H and O–H groups in total.